The molecule has 0 fully saturated rings. The van der Waals surface area contributed by atoms with E-state index in [0.717, 1.165) is 0 Å². The average Bonchev–Trinajstić information content (AvgIpc) is 1.87. The molecule has 0 aromatic rings. The number of halogens is 1. The first-order chi connectivity index (χ1) is 4.59. The molecular weight excluding hydrogens is 241 g/mol. The zero-order valence-corrected chi connectivity index (χ0v) is 8.46. The van der Waals surface area contributed by atoms with E-state index in [1.807, 2.05) is 4.01 Å². The Kier molecular flexibility index (Phi) is 4.34. The molecule has 0 rings (SSSR count). The van der Waals surface area contributed by atoms with Crippen molar-refractivity contribution in [2.45, 2.75) is 0 Å². The minimum absolute atomic E-state index is 0.157. The van der Waals surface area contributed by atoms with E-state index in [9.17, 15) is 4.79 Å². The first-order valence-electron chi connectivity index (χ1n) is 2.74. The van der Waals surface area contributed by atoms with Gasteiger partial charge in [0, 0.05) is 14.1 Å². The maximum Gasteiger partial charge on any atom is 0.271 e. The van der Waals surface area contributed by atoms with Gasteiger partial charge in [0.05, 0.1) is 0 Å². The van der Waals surface area contributed by atoms with Gasteiger partial charge in [-0.25, -0.2) is 0 Å². The highest BCUT2D eigenvalue weighted by Gasteiger charge is 1.97. The van der Waals surface area contributed by atoms with Crippen molar-refractivity contribution < 1.29 is 4.79 Å². The first kappa shape index (κ1) is 9.68. The third kappa shape index (κ3) is 3.00. The van der Waals surface area contributed by atoms with Crippen LogP contribution in [0.3, 0.4) is 0 Å². The third-order valence-electron chi connectivity index (χ3n) is 0.800. The summed E-state index contributed by atoms with van der Waals surface area (Å²) in [6.07, 6.45) is 1.65. The summed E-state index contributed by atoms with van der Waals surface area (Å²) < 4.78 is 5.77. The molecule has 3 heteroatoms. The summed E-state index contributed by atoms with van der Waals surface area (Å²) in [6, 6.07) is 0. The molecule has 0 atom stereocenters. The molecule has 0 aromatic heterocycles. The van der Waals surface area contributed by atoms with Crippen LogP contribution < -0.4 is 0 Å². The van der Waals surface area contributed by atoms with E-state index >= 15 is 0 Å². The smallest absolute Gasteiger partial charge is 0.271 e. The maximum atomic E-state index is 11.1. The summed E-state index contributed by atoms with van der Waals surface area (Å²) >= 11 is -1.72. The van der Waals surface area contributed by atoms with Crippen molar-refractivity contribution in [1.29, 1.82) is 0 Å². The van der Waals surface area contributed by atoms with Crippen LogP contribution in [0.1, 0.15) is 0 Å². The van der Waals surface area contributed by atoms with Crippen LogP contribution in [0.2, 0.25) is 0 Å². The zero-order valence-electron chi connectivity index (χ0n) is 6.30. The number of carbonyl (C=O) groups is 1. The summed E-state index contributed by atoms with van der Waals surface area (Å²) in [6.45, 7) is 3.52. The lowest BCUT2D eigenvalue weighted by molar-refractivity contribution is 0.244. The molecule has 0 aliphatic rings. The van der Waals surface area contributed by atoms with Crippen LogP contribution in [-0.4, -0.2) is 31.4 Å². The predicted octanol–water partition coefficient (Wildman–Crippen LogP) is 1.59. The molecule has 0 N–H and O–H groups in total. The zero-order chi connectivity index (χ0) is 8.15. The SMILES string of the molecule is C=CC=I(=C)C(=O)N(C)C. The fourth-order valence-electron chi connectivity index (χ4n) is 0.379. The van der Waals surface area contributed by atoms with Gasteiger partial charge in [-0.05, 0) is 4.01 Å². The van der Waals surface area contributed by atoms with E-state index in [4.69, 9.17) is 0 Å². The van der Waals surface area contributed by atoms with Crippen molar-refractivity contribution in [3.8, 4) is 0 Å². The number of rotatable bonds is 2. The van der Waals surface area contributed by atoms with Gasteiger partial charge in [-0.15, -0.1) is 0 Å². The largest absolute Gasteiger partial charge is 0.341 e. The summed E-state index contributed by atoms with van der Waals surface area (Å²) in [5.74, 6) is 0. The fourth-order valence-corrected chi connectivity index (χ4v) is 2.54. The van der Waals surface area contributed by atoms with Crippen LogP contribution >= 0.6 is 18.9 Å². The van der Waals surface area contributed by atoms with Crippen molar-refractivity contribution in [2.24, 2.45) is 0 Å². The summed E-state index contributed by atoms with van der Waals surface area (Å²) in [7, 11) is 3.49. The second-order valence-electron chi connectivity index (χ2n) is 1.91. The quantitative estimate of drug-likeness (QED) is 0.416. The average molecular weight is 253 g/mol. The highest BCUT2D eigenvalue weighted by Crippen LogP contribution is 2.09. The highest BCUT2D eigenvalue weighted by atomic mass is 127. The Morgan fingerprint density at radius 2 is 2.10 bits per heavy atom. The Balaban J connectivity index is 4.37. The van der Waals surface area contributed by atoms with Crippen LogP contribution in [0, 0.1) is 0 Å². The van der Waals surface area contributed by atoms with E-state index in [0.29, 0.717) is 0 Å². The van der Waals surface area contributed by atoms with Gasteiger partial charge in [0.2, 0.25) is 0 Å². The lowest BCUT2D eigenvalue weighted by atomic mass is 10.8. The van der Waals surface area contributed by atoms with E-state index < -0.39 is 18.9 Å². The molecule has 0 radical (unpaired) electrons. The second kappa shape index (κ2) is 4.49. The Morgan fingerprint density at radius 1 is 1.60 bits per heavy atom. The lowest BCUT2D eigenvalue weighted by Crippen LogP contribution is -2.14. The molecule has 0 aliphatic heterocycles. The van der Waals surface area contributed by atoms with Gasteiger partial charge >= 0.3 is 0 Å². The molecule has 0 spiro atoms. The van der Waals surface area contributed by atoms with Gasteiger partial charge in [-0.2, -0.15) is 0 Å². The van der Waals surface area contributed by atoms with Gasteiger partial charge in [0.25, 0.3) is 3.91 Å². The molecule has 0 heterocycles. The van der Waals surface area contributed by atoms with Crippen LogP contribution in [0.4, 0.5) is 4.79 Å². The number of allylic oxidation sites excluding steroid dienone is 1. The minimum Gasteiger partial charge on any atom is -0.341 e. The molecule has 58 valence electrons. The molecule has 0 bridgehead atoms. The van der Waals surface area contributed by atoms with Gasteiger partial charge in [0.1, 0.15) is 0 Å². The number of hydrogen-bond donors (Lipinski definition) is 0. The van der Waals surface area contributed by atoms with Crippen molar-refractivity contribution >= 4 is 31.3 Å². The van der Waals surface area contributed by atoms with Gasteiger partial charge in [0.15, 0.2) is 0 Å². The summed E-state index contributed by atoms with van der Waals surface area (Å²) in [5, 5.41) is 0. The van der Waals surface area contributed by atoms with Crippen molar-refractivity contribution in [2.75, 3.05) is 14.1 Å². The van der Waals surface area contributed by atoms with Crippen LogP contribution in [0.15, 0.2) is 12.7 Å². The van der Waals surface area contributed by atoms with Crippen LogP contribution in [-0.2, 0) is 0 Å². The summed E-state index contributed by atoms with van der Waals surface area (Å²) in [5.41, 5.74) is 0. The van der Waals surface area contributed by atoms with E-state index in [1.54, 1.807) is 25.1 Å². The molecule has 0 aromatic carbocycles. The molecular formula is C7H12INO. The normalized spacial score (nSPS) is 12.6. The second-order valence-corrected chi connectivity index (χ2v) is 5.81. The Labute approximate surface area is 67.9 Å². The monoisotopic (exact) mass is 253 g/mol. The fraction of sp³-hybridized carbons (Fsp3) is 0.286. The molecule has 0 unspecified atom stereocenters. The van der Waals surface area contributed by atoms with E-state index in [2.05, 4.69) is 11.1 Å². The molecule has 10 heavy (non-hydrogen) atoms. The Hall–Kier alpha value is -0.320. The van der Waals surface area contributed by atoms with Crippen molar-refractivity contribution in [3.63, 3.8) is 0 Å². The Bertz CT molecular complexity index is 212. The van der Waals surface area contributed by atoms with Crippen LogP contribution in [0.25, 0.3) is 0 Å². The molecule has 2 nitrogen and oxygen atoms in total. The van der Waals surface area contributed by atoms with Crippen molar-refractivity contribution in [3.05, 3.63) is 12.7 Å². The molecule has 0 saturated heterocycles. The number of carbonyl (C=O) groups excluding carboxylic acids is 1. The van der Waals surface area contributed by atoms with E-state index in [-0.39, 0.29) is 3.91 Å². The summed E-state index contributed by atoms with van der Waals surface area (Å²) in [4.78, 5) is 12.7. The van der Waals surface area contributed by atoms with Gasteiger partial charge in [-0.1, -0.05) is 36.0 Å². The maximum absolute atomic E-state index is 11.1. The first-order valence-corrected chi connectivity index (χ1v) is 6.59. The molecule has 1 amide bonds. The highest BCUT2D eigenvalue weighted by molar-refractivity contribution is 14.2. The third-order valence-corrected chi connectivity index (χ3v) is 4.33. The van der Waals surface area contributed by atoms with E-state index in [1.165, 1.54) is 0 Å². The van der Waals surface area contributed by atoms with Crippen molar-refractivity contribution in [1.82, 2.24) is 4.90 Å². The number of nitrogens with zero attached hydrogens (tertiary/aromatic N) is 1. The lowest BCUT2D eigenvalue weighted by Gasteiger charge is -2.06. The number of amides is 1. The predicted molar refractivity (Wildman–Crippen MR) is 56.5 cm³/mol. The van der Waals surface area contributed by atoms with Gasteiger partial charge < -0.3 is 4.90 Å². The Morgan fingerprint density at radius 3 is 2.40 bits per heavy atom. The molecule has 0 aliphatic carbocycles. The topological polar surface area (TPSA) is 20.3 Å². The minimum atomic E-state index is -1.72. The van der Waals surface area contributed by atoms with Crippen LogP contribution in [0.5, 0.6) is 0 Å². The number of hydrogen-bond acceptors (Lipinski definition) is 1. The standard InChI is InChI=1S/C7H12INO/c1-5-6-8(2)7(10)9(3)4/h5-6H,1-2H2,3-4H3. The molecule has 0 saturated carbocycles. The van der Waals surface area contributed by atoms with Gasteiger partial charge in [-0.3, -0.25) is 4.79 Å².